The molecule has 1 aliphatic carbocycles. The van der Waals surface area contributed by atoms with E-state index in [0.717, 1.165) is 24.4 Å². The molecule has 2 rings (SSSR count). The zero-order chi connectivity index (χ0) is 11.2. The number of carbonyl (C=O) groups is 1. The number of nitrogens with two attached hydrogens (primary N) is 1. The predicted octanol–water partition coefficient (Wildman–Crippen LogP) is 1.62. The summed E-state index contributed by atoms with van der Waals surface area (Å²) in [6, 6.07) is 0. The summed E-state index contributed by atoms with van der Waals surface area (Å²) in [7, 11) is 0. The van der Waals surface area contributed by atoms with Gasteiger partial charge in [-0.1, -0.05) is 19.9 Å². The molecule has 1 heterocycles. The summed E-state index contributed by atoms with van der Waals surface area (Å²) in [5, 5.41) is 0. The van der Waals surface area contributed by atoms with Crippen molar-refractivity contribution < 1.29 is 4.79 Å². The second kappa shape index (κ2) is 3.12. The molecular formula is C12H18N2O. The van der Waals surface area contributed by atoms with Crippen molar-refractivity contribution in [3.63, 3.8) is 0 Å². The molecule has 1 aliphatic heterocycles. The number of carbonyl (C=O) groups excluding carboxylic acids is 1. The van der Waals surface area contributed by atoms with Gasteiger partial charge in [0, 0.05) is 30.8 Å². The van der Waals surface area contributed by atoms with Gasteiger partial charge in [-0.15, -0.1) is 0 Å². The topological polar surface area (TPSA) is 46.3 Å². The molecule has 15 heavy (non-hydrogen) atoms. The van der Waals surface area contributed by atoms with Gasteiger partial charge in [0.05, 0.1) is 0 Å². The number of fused-ring (bicyclic) bond motifs is 1. The van der Waals surface area contributed by atoms with Gasteiger partial charge in [0.25, 0.3) is 0 Å². The molecular weight excluding hydrogens is 188 g/mol. The molecule has 0 radical (unpaired) electrons. The molecule has 0 bridgehead atoms. The molecule has 0 aromatic carbocycles. The first-order valence-electron chi connectivity index (χ1n) is 5.37. The van der Waals surface area contributed by atoms with E-state index in [1.807, 2.05) is 11.0 Å². The van der Waals surface area contributed by atoms with E-state index in [-0.39, 0.29) is 11.3 Å². The molecule has 1 atom stereocenters. The van der Waals surface area contributed by atoms with Crippen LogP contribution in [0.15, 0.2) is 23.5 Å². The van der Waals surface area contributed by atoms with Gasteiger partial charge in [0.15, 0.2) is 0 Å². The first-order chi connectivity index (χ1) is 6.92. The zero-order valence-corrected chi connectivity index (χ0v) is 9.58. The first-order valence-corrected chi connectivity index (χ1v) is 5.37. The molecule has 1 fully saturated rings. The lowest BCUT2D eigenvalue weighted by atomic mass is 9.77. The number of hydrogen-bond donors (Lipinski definition) is 1. The van der Waals surface area contributed by atoms with Crippen LogP contribution in [0, 0.1) is 11.3 Å². The Labute approximate surface area is 90.6 Å². The van der Waals surface area contributed by atoms with Crippen molar-refractivity contribution in [2.75, 3.05) is 6.54 Å². The average Bonchev–Trinajstić information content (AvgIpc) is 2.38. The van der Waals surface area contributed by atoms with Gasteiger partial charge < -0.3 is 10.6 Å². The minimum absolute atomic E-state index is 0.117. The van der Waals surface area contributed by atoms with Crippen LogP contribution in [0.1, 0.15) is 27.2 Å². The van der Waals surface area contributed by atoms with Crippen LogP contribution in [0.25, 0.3) is 0 Å². The molecule has 3 nitrogen and oxygen atoms in total. The second-order valence-electron chi connectivity index (χ2n) is 5.16. The molecule has 0 saturated carbocycles. The number of hydrogen-bond acceptors (Lipinski definition) is 2. The summed E-state index contributed by atoms with van der Waals surface area (Å²) in [5.74, 6) is 0.556. The molecule has 0 spiro atoms. The van der Waals surface area contributed by atoms with Crippen molar-refractivity contribution in [3.05, 3.63) is 23.5 Å². The average molecular weight is 206 g/mol. The predicted molar refractivity (Wildman–Crippen MR) is 59.6 cm³/mol. The summed E-state index contributed by atoms with van der Waals surface area (Å²) in [6.45, 7) is 6.85. The lowest BCUT2D eigenvalue weighted by Crippen LogP contribution is -2.27. The minimum Gasteiger partial charge on any atom is -0.399 e. The number of nitrogens with zero attached hydrogens (tertiary/aromatic N) is 1. The van der Waals surface area contributed by atoms with E-state index in [1.165, 1.54) is 0 Å². The number of likely N-dealkylation sites (tertiary alicyclic amines) is 1. The summed E-state index contributed by atoms with van der Waals surface area (Å²) >= 11 is 0. The van der Waals surface area contributed by atoms with Crippen LogP contribution in [0.5, 0.6) is 0 Å². The summed E-state index contributed by atoms with van der Waals surface area (Å²) in [4.78, 5) is 13.4. The monoisotopic (exact) mass is 206 g/mol. The highest BCUT2D eigenvalue weighted by Gasteiger charge is 2.44. The van der Waals surface area contributed by atoms with Gasteiger partial charge in [-0.05, 0) is 17.9 Å². The Morgan fingerprint density at radius 1 is 1.60 bits per heavy atom. The van der Waals surface area contributed by atoms with E-state index in [9.17, 15) is 4.79 Å². The Morgan fingerprint density at radius 2 is 2.27 bits per heavy atom. The Morgan fingerprint density at radius 3 is 2.87 bits per heavy atom. The van der Waals surface area contributed by atoms with Crippen LogP contribution in [-0.2, 0) is 4.79 Å². The summed E-state index contributed by atoms with van der Waals surface area (Å²) in [5.41, 5.74) is 7.84. The van der Waals surface area contributed by atoms with Gasteiger partial charge >= 0.3 is 0 Å². The van der Waals surface area contributed by atoms with Crippen LogP contribution in [-0.4, -0.2) is 17.4 Å². The van der Waals surface area contributed by atoms with Crippen LogP contribution < -0.4 is 5.73 Å². The smallest absolute Gasteiger partial charge is 0.223 e. The third-order valence-electron chi connectivity index (χ3n) is 3.46. The maximum atomic E-state index is 11.5. The Balaban J connectivity index is 2.40. The Hall–Kier alpha value is -1.25. The Bertz CT molecular complexity index is 366. The highest BCUT2D eigenvalue weighted by molar-refractivity contribution is 5.76. The van der Waals surface area contributed by atoms with Gasteiger partial charge in [0.2, 0.25) is 5.91 Å². The molecule has 2 aliphatic rings. The fourth-order valence-electron chi connectivity index (χ4n) is 2.59. The molecule has 1 amide bonds. The maximum Gasteiger partial charge on any atom is 0.223 e. The van der Waals surface area contributed by atoms with Crippen molar-refractivity contribution in [2.24, 2.45) is 17.1 Å². The molecule has 1 unspecified atom stereocenters. The summed E-state index contributed by atoms with van der Waals surface area (Å²) in [6.07, 6.45) is 4.96. The third-order valence-corrected chi connectivity index (χ3v) is 3.46. The maximum absolute atomic E-state index is 11.5. The largest absolute Gasteiger partial charge is 0.399 e. The fraction of sp³-hybridized carbons (Fsp3) is 0.583. The standard InChI is InChI=1S/C12H18N2O/c1-8(15)14-7-12(2,3)10-5-4-9(13)6-11(10)14/h4,6,10H,5,7,13H2,1-3H3. The van der Waals surface area contributed by atoms with Crippen molar-refractivity contribution in [2.45, 2.75) is 27.2 Å². The molecule has 3 heteroatoms. The highest BCUT2D eigenvalue weighted by atomic mass is 16.2. The Kier molecular flexibility index (Phi) is 2.14. The van der Waals surface area contributed by atoms with E-state index >= 15 is 0 Å². The molecule has 0 aromatic heterocycles. The van der Waals surface area contributed by atoms with Crippen molar-refractivity contribution in [1.82, 2.24) is 4.90 Å². The van der Waals surface area contributed by atoms with Gasteiger partial charge in [-0.25, -0.2) is 0 Å². The van der Waals surface area contributed by atoms with Gasteiger partial charge in [-0.3, -0.25) is 4.79 Å². The van der Waals surface area contributed by atoms with E-state index < -0.39 is 0 Å². The molecule has 2 N–H and O–H groups in total. The molecule has 1 saturated heterocycles. The van der Waals surface area contributed by atoms with Crippen molar-refractivity contribution >= 4 is 5.91 Å². The first kappa shape index (κ1) is 10.3. The SMILES string of the molecule is CC(=O)N1CC(C)(C)C2CC=C(N)C=C21. The number of rotatable bonds is 0. The van der Waals surface area contributed by atoms with Crippen molar-refractivity contribution in [1.29, 1.82) is 0 Å². The van der Waals surface area contributed by atoms with Gasteiger partial charge in [0.1, 0.15) is 0 Å². The second-order valence-corrected chi connectivity index (χ2v) is 5.16. The van der Waals surface area contributed by atoms with E-state index in [1.54, 1.807) is 6.92 Å². The lowest BCUT2D eigenvalue weighted by molar-refractivity contribution is -0.126. The van der Waals surface area contributed by atoms with E-state index in [4.69, 9.17) is 5.73 Å². The molecule has 0 aromatic rings. The highest BCUT2D eigenvalue weighted by Crippen LogP contribution is 2.46. The normalized spacial score (nSPS) is 28.2. The van der Waals surface area contributed by atoms with Gasteiger partial charge in [-0.2, -0.15) is 0 Å². The van der Waals surface area contributed by atoms with Crippen LogP contribution >= 0.6 is 0 Å². The quantitative estimate of drug-likeness (QED) is 0.654. The van der Waals surface area contributed by atoms with E-state index in [2.05, 4.69) is 19.9 Å². The number of amides is 1. The fourth-order valence-corrected chi connectivity index (χ4v) is 2.59. The number of allylic oxidation sites excluding steroid dienone is 3. The van der Waals surface area contributed by atoms with E-state index in [0.29, 0.717) is 5.92 Å². The third kappa shape index (κ3) is 1.56. The van der Waals surface area contributed by atoms with Crippen molar-refractivity contribution in [3.8, 4) is 0 Å². The van der Waals surface area contributed by atoms with Crippen LogP contribution in [0.4, 0.5) is 0 Å². The minimum atomic E-state index is 0.117. The van der Waals surface area contributed by atoms with Crippen LogP contribution in [0.2, 0.25) is 0 Å². The lowest BCUT2D eigenvalue weighted by Gasteiger charge is -2.26. The molecule has 82 valence electrons. The summed E-state index contributed by atoms with van der Waals surface area (Å²) < 4.78 is 0. The van der Waals surface area contributed by atoms with Crippen LogP contribution in [0.3, 0.4) is 0 Å². The zero-order valence-electron chi connectivity index (χ0n) is 9.58.